The Morgan fingerprint density at radius 3 is 2.58 bits per heavy atom. The molecule has 19 heavy (non-hydrogen) atoms. The van der Waals surface area contributed by atoms with E-state index in [2.05, 4.69) is 5.32 Å². The van der Waals surface area contributed by atoms with Crippen LogP contribution in [0.15, 0.2) is 18.2 Å². The fraction of sp³-hybridized carbons (Fsp3) is 0.500. The largest absolute Gasteiger partial charge is 0.479 e. The van der Waals surface area contributed by atoms with Gasteiger partial charge in [-0.2, -0.15) is 0 Å². The van der Waals surface area contributed by atoms with Crippen molar-refractivity contribution in [2.24, 2.45) is 0 Å². The predicted octanol–water partition coefficient (Wildman–Crippen LogP) is 2.57. The molecule has 4 nitrogen and oxygen atoms in total. The van der Waals surface area contributed by atoms with Gasteiger partial charge >= 0.3 is 5.97 Å². The van der Waals surface area contributed by atoms with Crippen LogP contribution in [0.5, 0.6) is 5.75 Å². The number of rotatable bonds is 5. The first-order chi connectivity index (χ1) is 8.69. The summed E-state index contributed by atoms with van der Waals surface area (Å²) >= 11 is 0. The molecule has 0 fully saturated rings. The van der Waals surface area contributed by atoms with Crippen LogP contribution >= 0.6 is 0 Å². The zero-order chi connectivity index (χ0) is 14.6. The van der Waals surface area contributed by atoms with Crippen LogP contribution < -0.4 is 10.1 Å². The lowest BCUT2D eigenvalue weighted by Crippen LogP contribution is -2.35. The van der Waals surface area contributed by atoms with Crippen molar-refractivity contribution in [3.8, 4) is 5.75 Å². The Bertz CT molecular complexity index is 454. The molecular weight excluding hydrogens is 249 g/mol. The van der Waals surface area contributed by atoms with Crippen LogP contribution in [-0.4, -0.2) is 22.7 Å². The molecule has 0 spiro atoms. The summed E-state index contributed by atoms with van der Waals surface area (Å²) in [6.45, 7) is 7.96. The summed E-state index contributed by atoms with van der Waals surface area (Å²) in [6.07, 6.45) is -1.08. The second-order valence-electron chi connectivity index (χ2n) is 5.47. The third kappa shape index (κ3) is 5.26. The van der Waals surface area contributed by atoms with Crippen molar-refractivity contribution in [2.75, 3.05) is 0 Å². The van der Waals surface area contributed by atoms with Gasteiger partial charge in [0.15, 0.2) is 17.7 Å². The molecule has 0 aliphatic heterocycles. The molecule has 0 saturated carbocycles. The Kier molecular flexibility index (Phi) is 4.89. The number of benzene rings is 1. The zero-order valence-corrected chi connectivity index (χ0v) is 11.7. The minimum atomic E-state index is -1.13. The van der Waals surface area contributed by atoms with Crippen LogP contribution in [-0.2, 0) is 11.3 Å². The van der Waals surface area contributed by atoms with Crippen molar-refractivity contribution in [3.05, 3.63) is 29.6 Å². The summed E-state index contributed by atoms with van der Waals surface area (Å²) in [7, 11) is 0. The van der Waals surface area contributed by atoms with Crippen LogP contribution in [0, 0.1) is 5.82 Å². The van der Waals surface area contributed by atoms with E-state index in [1.165, 1.54) is 19.1 Å². The highest BCUT2D eigenvalue weighted by Gasteiger charge is 2.15. The number of ether oxygens (including phenoxy) is 1. The first-order valence-corrected chi connectivity index (χ1v) is 6.12. The normalized spacial score (nSPS) is 13.1. The highest BCUT2D eigenvalue weighted by atomic mass is 19.1. The zero-order valence-electron chi connectivity index (χ0n) is 11.7. The quantitative estimate of drug-likeness (QED) is 0.862. The van der Waals surface area contributed by atoms with Gasteiger partial charge in [0.05, 0.1) is 0 Å². The van der Waals surface area contributed by atoms with Crippen LogP contribution in [0.25, 0.3) is 0 Å². The number of carboxylic acid groups (broad SMARTS) is 1. The van der Waals surface area contributed by atoms with Gasteiger partial charge in [0.25, 0.3) is 0 Å². The van der Waals surface area contributed by atoms with E-state index < -0.39 is 17.9 Å². The second-order valence-corrected chi connectivity index (χ2v) is 5.47. The van der Waals surface area contributed by atoms with E-state index in [1.807, 2.05) is 20.8 Å². The molecule has 106 valence electrons. The summed E-state index contributed by atoms with van der Waals surface area (Å²) in [5.74, 6) is -1.73. The lowest BCUT2D eigenvalue weighted by Gasteiger charge is -2.20. The fourth-order valence-corrected chi connectivity index (χ4v) is 1.36. The fourth-order valence-electron chi connectivity index (χ4n) is 1.36. The Balaban J connectivity index is 2.72. The molecule has 0 aromatic heterocycles. The number of nitrogens with one attached hydrogen (secondary N) is 1. The molecule has 5 heteroatoms. The molecule has 0 radical (unpaired) electrons. The van der Waals surface area contributed by atoms with Crippen molar-refractivity contribution < 1.29 is 19.0 Å². The minimum absolute atomic E-state index is 0.0468. The molecule has 0 aliphatic rings. The predicted molar refractivity (Wildman–Crippen MR) is 70.7 cm³/mol. The van der Waals surface area contributed by atoms with Crippen molar-refractivity contribution in [1.29, 1.82) is 0 Å². The van der Waals surface area contributed by atoms with E-state index in [0.717, 1.165) is 5.56 Å². The molecule has 1 atom stereocenters. The lowest BCUT2D eigenvalue weighted by molar-refractivity contribution is -0.144. The van der Waals surface area contributed by atoms with E-state index in [1.54, 1.807) is 6.07 Å². The molecule has 0 aliphatic carbocycles. The van der Waals surface area contributed by atoms with E-state index in [9.17, 15) is 9.18 Å². The molecule has 1 unspecified atom stereocenters. The lowest BCUT2D eigenvalue weighted by atomic mass is 10.1. The SMILES string of the molecule is CC(Oc1ccc(CNC(C)(C)C)cc1F)C(=O)O. The number of hydrogen-bond acceptors (Lipinski definition) is 3. The number of carboxylic acids is 1. The average Bonchev–Trinajstić information content (AvgIpc) is 2.28. The molecular formula is C14H20FNO3. The van der Waals surface area contributed by atoms with Crippen molar-refractivity contribution in [2.45, 2.75) is 45.9 Å². The van der Waals surface area contributed by atoms with Crippen LogP contribution in [0.2, 0.25) is 0 Å². The maximum Gasteiger partial charge on any atom is 0.344 e. The van der Waals surface area contributed by atoms with E-state index >= 15 is 0 Å². The monoisotopic (exact) mass is 269 g/mol. The molecule has 0 bridgehead atoms. The topological polar surface area (TPSA) is 58.6 Å². The summed E-state index contributed by atoms with van der Waals surface area (Å²) in [6, 6.07) is 4.52. The van der Waals surface area contributed by atoms with Gasteiger partial charge in [0.2, 0.25) is 0 Å². The summed E-state index contributed by atoms with van der Waals surface area (Å²) in [5, 5.41) is 11.9. The Hall–Kier alpha value is -1.62. The van der Waals surface area contributed by atoms with Gasteiger partial charge in [-0.3, -0.25) is 0 Å². The van der Waals surface area contributed by atoms with Gasteiger partial charge in [-0.15, -0.1) is 0 Å². The number of hydrogen-bond donors (Lipinski definition) is 2. The van der Waals surface area contributed by atoms with E-state index in [4.69, 9.17) is 9.84 Å². The summed E-state index contributed by atoms with van der Waals surface area (Å²) < 4.78 is 18.8. The molecule has 2 N–H and O–H groups in total. The van der Waals surface area contributed by atoms with Crippen LogP contribution in [0.1, 0.15) is 33.3 Å². The molecule has 0 saturated heterocycles. The molecule has 0 heterocycles. The van der Waals surface area contributed by atoms with Crippen molar-refractivity contribution in [1.82, 2.24) is 5.32 Å². The molecule has 1 aromatic rings. The highest BCUT2D eigenvalue weighted by molar-refractivity contribution is 5.72. The maximum absolute atomic E-state index is 13.7. The molecule has 1 rings (SSSR count). The minimum Gasteiger partial charge on any atom is -0.479 e. The van der Waals surface area contributed by atoms with Crippen molar-refractivity contribution >= 4 is 5.97 Å². The second kappa shape index (κ2) is 6.02. The van der Waals surface area contributed by atoms with E-state index in [0.29, 0.717) is 6.54 Å². The number of carbonyl (C=O) groups is 1. The average molecular weight is 269 g/mol. The summed E-state index contributed by atoms with van der Waals surface area (Å²) in [4.78, 5) is 10.6. The molecule has 1 aromatic carbocycles. The standard InChI is InChI=1S/C14H20FNO3/c1-9(13(17)18)19-12-6-5-10(7-11(12)15)8-16-14(2,3)4/h5-7,9,16H,8H2,1-4H3,(H,17,18). The van der Waals surface area contributed by atoms with Gasteiger partial charge < -0.3 is 15.2 Å². The van der Waals surface area contributed by atoms with Gasteiger partial charge in [0, 0.05) is 12.1 Å². The highest BCUT2D eigenvalue weighted by Crippen LogP contribution is 2.20. The Labute approximate surface area is 112 Å². The van der Waals surface area contributed by atoms with Gasteiger partial charge in [-0.05, 0) is 45.4 Å². The Morgan fingerprint density at radius 2 is 2.11 bits per heavy atom. The Morgan fingerprint density at radius 1 is 1.47 bits per heavy atom. The van der Waals surface area contributed by atoms with E-state index in [-0.39, 0.29) is 11.3 Å². The van der Waals surface area contributed by atoms with Crippen LogP contribution in [0.4, 0.5) is 4.39 Å². The maximum atomic E-state index is 13.7. The van der Waals surface area contributed by atoms with Crippen LogP contribution in [0.3, 0.4) is 0 Å². The van der Waals surface area contributed by atoms with Gasteiger partial charge in [0.1, 0.15) is 0 Å². The first kappa shape index (κ1) is 15.4. The first-order valence-electron chi connectivity index (χ1n) is 6.12. The summed E-state index contributed by atoms with van der Waals surface area (Å²) in [5.41, 5.74) is 0.728. The number of halogens is 1. The number of aliphatic carboxylic acids is 1. The van der Waals surface area contributed by atoms with Crippen molar-refractivity contribution in [3.63, 3.8) is 0 Å². The third-order valence-corrected chi connectivity index (χ3v) is 2.47. The smallest absolute Gasteiger partial charge is 0.344 e. The third-order valence-electron chi connectivity index (χ3n) is 2.47. The molecule has 0 amide bonds. The van der Waals surface area contributed by atoms with Gasteiger partial charge in [-0.25, -0.2) is 9.18 Å². The van der Waals surface area contributed by atoms with Gasteiger partial charge in [-0.1, -0.05) is 6.07 Å².